The molecule has 0 N–H and O–H groups in total. The predicted octanol–water partition coefficient (Wildman–Crippen LogP) is 2.75. The van der Waals surface area contributed by atoms with Gasteiger partial charge in [0, 0.05) is 0 Å². The fraction of sp³-hybridized carbons (Fsp3) is 0.571. The van der Waals surface area contributed by atoms with Crippen LogP contribution in [0.15, 0.2) is 29.2 Å². The zero-order chi connectivity index (χ0) is 12.8. The van der Waals surface area contributed by atoms with Gasteiger partial charge in [0.25, 0.3) is 10.1 Å². The van der Waals surface area contributed by atoms with Gasteiger partial charge in [0.2, 0.25) is 0 Å². The summed E-state index contributed by atoms with van der Waals surface area (Å²) in [6.07, 6.45) is 3.70. The molecule has 1 atom stereocenters. The van der Waals surface area contributed by atoms with Gasteiger partial charge >= 0.3 is 0 Å². The van der Waals surface area contributed by atoms with E-state index in [2.05, 4.69) is 0 Å². The Balaban J connectivity index is 1.65. The van der Waals surface area contributed by atoms with Crippen molar-refractivity contribution in [3.05, 3.63) is 29.8 Å². The molecule has 0 saturated heterocycles. The lowest BCUT2D eigenvalue weighted by Gasteiger charge is -2.24. The molecule has 98 valence electrons. The third kappa shape index (κ3) is 2.19. The molecule has 3 aliphatic rings. The Labute approximate surface area is 108 Å². The average Bonchev–Trinajstić information content (AvgIpc) is 2.85. The number of benzene rings is 1. The standard InChI is InChI=1S/C14H18O3S/c1-10-2-4-14(5-3-10)18(15,16)17-9-13-8-11-6-12(13)7-11/h2-5,11-13H,6-9H2,1H3. The molecule has 0 aromatic heterocycles. The molecule has 0 radical (unpaired) electrons. The van der Waals surface area contributed by atoms with Gasteiger partial charge in [-0.2, -0.15) is 8.42 Å². The minimum Gasteiger partial charge on any atom is -0.266 e. The van der Waals surface area contributed by atoms with E-state index in [9.17, 15) is 8.42 Å². The van der Waals surface area contributed by atoms with Crippen LogP contribution in [-0.2, 0) is 14.3 Å². The van der Waals surface area contributed by atoms with Crippen LogP contribution >= 0.6 is 0 Å². The highest BCUT2D eigenvalue weighted by atomic mass is 32.2. The fourth-order valence-electron chi connectivity index (χ4n) is 3.14. The van der Waals surface area contributed by atoms with Gasteiger partial charge in [-0.25, -0.2) is 0 Å². The number of fused-ring (bicyclic) bond motifs is 1. The van der Waals surface area contributed by atoms with E-state index in [1.807, 2.05) is 6.92 Å². The molecular weight excluding hydrogens is 248 g/mol. The summed E-state index contributed by atoms with van der Waals surface area (Å²) in [4.78, 5) is 0.262. The second-order valence-electron chi connectivity index (χ2n) is 5.64. The highest BCUT2D eigenvalue weighted by Gasteiger charge is 2.44. The van der Waals surface area contributed by atoms with Crippen molar-refractivity contribution in [1.29, 1.82) is 0 Å². The zero-order valence-electron chi connectivity index (χ0n) is 10.5. The molecule has 3 aliphatic carbocycles. The van der Waals surface area contributed by atoms with Crippen LogP contribution in [0.25, 0.3) is 0 Å². The molecule has 0 spiro atoms. The number of hydrogen-bond acceptors (Lipinski definition) is 3. The summed E-state index contributed by atoms with van der Waals surface area (Å²) in [5.74, 6) is 2.00. The van der Waals surface area contributed by atoms with Gasteiger partial charge in [0.15, 0.2) is 0 Å². The predicted molar refractivity (Wildman–Crippen MR) is 68.6 cm³/mol. The molecule has 18 heavy (non-hydrogen) atoms. The van der Waals surface area contributed by atoms with E-state index in [4.69, 9.17) is 4.18 Å². The third-order valence-electron chi connectivity index (χ3n) is 4.32. The van der Waals surface area contributed by atoms with E-state index in [0.29, 0.717) is 18.4 Å². The Morgan fingerprint density at radius 2 is 1.83 bits per heavy atom. The quantitative estimate of drug-likeness (QED) is 0.787. The SMILES string of the molecule is Cc1ccc(S(=O)(=O)OCC2CC3CC2C3)cc1. The van der Waals surface area contributed by atoms with E-state index in [1.165, 1.54) is 12.8 Å². The van der Waals surface area contributed by atoms with Crippen molar-refractivity contribution in [2.75, 3.05) is 6.61 Å². The monoisotopic (exact) mass is 266 g/mol. The van der Waals surface area contributed by atoms with E-state index in [0.717, 1.165) is 17.9 Å². The van der Waals surface area contributed by atoms with Crippen LogP contribution in [0.5, 0.6) is 0 Å². The van der Waals surface area contributed by atoms with Gasteiger partial charge in [-0.15, -0.1) is 0 Å². The molecule has 1 aromatic carbocycles. The summed E-state index contributed by atoms with van der Waals surface area (Å²) in [6, 6.07) is 6.81. The van der Waals surface area contributed by atoms with Crippen molar-refractivity contribution in [3.8, 4) is 0 Å². The minimum atomic E-state index is -3.57. The molecule has 3 saturated carbocycles. The Bertz CT molecular complexity index is 527. The average molecular weight is 266 g/mol. The van der Waals surface area contributed by atoms with Gasteiger partial charge in [-0.05, 0) is 56.1 Å². The van der Waals surface area contributed by atoms with Crippen molar-refractivity contribution in [2.24, 2.45) is 17.8 Å². The van der Waals surface area contributed by atoms with Crippen LogP contribution in [0.3, 0.4) is 0 Å². The Kier molecular flexibility index (Phi) is 2.94. The largest absolute Gasteiger partial charge is 0.296 e. The van der Waals surface area contributed by atoms with Gasteiger partial charge in [-0.3, -0.25) is 4.18 Å². The molecule has 4 rings (SSSR count). The fourth-order valence-corrected chi connectivity index (χ4v) is 4.10. The Hall–Kier alpha value is -0.870. The maximum Gasteiger partial charge on any atom is 0.296 e. The third-order valence-corrected chi connectivity index (χ3v) is 5.62. The summed E-state index contributed by atoms with van der Waals surface area (Å²) in [7, 11) is -3.57. The van der Waals surface area contributed by atoms with Crippen LogP contribution in [0, 0.1) is 24.7 Å². The zero-order valence-corrected chi connectivity index (χ0v) is 11.3. The van der Waals surface area contributed by atoms with Crippen LogP contribution in [0.4, 0.5) is 0 Å². The van der Waals surface area contributed by atoms with Gasteiger partial charge in [-0.1, -0.05) is 17.7 Å². The maximum atomic E-state index is 12.0. The Morgan fingerprint density at radius 3 is 2.39 bits per heavy atom. The Morgan fingerprint density at radius 1 is 1.17 bits per heavy atom. The summed E-state index contributed by atoms with van der Waals surface area (Å²) < 4.78 is 29.2. The first-order valence-electron chi connectivity index (χ1n) is 6.51. The number of aryl methyl sites for hydroxylation is 1. The van der Waals surface area contributed by atoms with E-state index < -0.39 is 10.1 Å². The molecule has 4 heteroatoms. The topological polar surface area (TPSA) is 43.4 Å². The van der Waals surface area contributed by atoms with Gasteiger partial charge in [0.05, 0.1) is 11.5 Å². The van der Waals surface area contributed by atoms with Gasteiger partial charge in [0.1, 0.15) is 0 Å². The first-order valence-corrected chi connectivity index (χ1v) is 7.91. The maximum absolute atomic E-state index is 12.0. The number of rotatable bonds is 4. The number of hydrogen-bond donors (Lipinski definition) is 0. The molecule has 1 unspecified atom stereocenters. The molecule has 0 heterocycles. The summed E-state index contributed by atoms with van der Waals surface area (Å²) in [5.41, 5.74) is 1.05. The summed E-state index contributed by atoms with van der Waals surface area (Å²) in [6.45, 7) is 2.29. The summed E-state index contributed by atoms with van der Waals surface area (Å²) >= 11 is 0. The van der Waals surface area contributed by atoms with Crippen molar-refractivity contribution >= 4 is 10.1 Å². The smallest absolute Gasteiger partial charge is 0.266 e. The molecule has 3 fully saturated rings. The second kappa shape index (κ2) is 4.35. The highest BCUT2D eigenvalue weighted by molar-refractivity contribution is 7.86. The highest BCUT2D eigenvalue weighted by Crippen LogP contribution is 2.52. The molecular formula is C14H18O3S. The lowest BCUT2D eigenvalue weighted by molar-refractivity contribution is 0.207. The molecule has 0 aliphatic heterocycles. The molecule has 3 nitrogen and oxygen atoms in total. The van der Waals surface area contributed by atoms with Crippen molar-refractivity contribution in [2.45, 2.75) is 31.1 Å². The van der Waals surface area contributed by atoms with Crippen molar-refractivity contribution < 1.29 is 12.6 Å². The molecule has 0 amide bonds. The van der Waals surface area contributed by atoms with E-state index in [1.54, 1.807) is 24.3 Å². The second-order valence-corrected chi connectivity index (χ2v) is 7.26. The lowest BCUT2D eigenvalue weighted by atomic mass is 9.83. The minimum absolute atomic E-state index is 0.262. The summed E-state index contributed by atoms with van der Waals surface area (Å²) in [5, 5.41) is 0. The van der Waals surface area contributed by atoms with Crippen molar-refractivity contribution in [1.82, 2.24) is 0 Å². The van der Waals surface area contributed by atoms with Crippen molar-refractivity contribution in [3.63, 3.8) is 0 Å². The normalized spacial score (nSPS) is 30.2. The molecule has 2 bridgehead atoms. The van der Waals surface area contributed by atoms with Gasteiger partial charge < -0.3 is 0 Å². The van der Waals surface area contributed by atoms with E-state index in [-0.39, 0.29) is 4.90 Å². The van der Waals surface area contributed by atoms with Crippen LogP contribution in [0.2, 0.25) is 0 Å². The lowest BCUT2D eigenvalue weighted by Crippen LogP contribution is -2.19. The molecule has 1 aromatic rings. The van der Waals surface area contributed by atoms with Crippen LogP contribution in [-0.4, -0.2) is 15.0 Å². The first-order chi connectivity index (χ1) is 8.54. The first kappa shape index (κ1) is 12.2. The van der Waals surface area contributed by atoms with E-state index >= 15 is 0 Å². The van der Waals surface area contributed by atoms with Crippen LogP contribution < -0.4 is 0 Å². The van der Waals surface area contributed by atoms with Crippen LogP contribution in [0.1, 0.15) is 24.8 Å².